The maximum absolute atomic E-state index is 12.6. The zero-order valence-corrected chi connectivity index (χ0v) is 15.6. The molecule has 2 rings (SSSR count). The lowest BCUT2D eigenvalue weighted by Gasteiger charge is -2.10. The molecule has 0 unspecified atom stereocenters. The number of amides is 1. The molecular formula is C19H24N2O4S. The number of carbonyl (C=O) groups is 1. The fraction of sp³-hybridized carbons (Fsp3) is 0.316. The molecule has 7 heteroatoms. The molecule has 2 aromatic rings. The lowest BCUT2D eigenvalue weighted by Crippen LogP contribution is -2.26. The molecule has 0 bridgehead atoms. The number of sulfonamides is 1. The van der Waals surface area contributed by atoms with E-state index in [1.165, 1.54) is 24.3 Å². The first-order chi connectivity index (χ1) is 12.5. The maximum atomic E-state index is 12.6. The van der Waals surface area contributed by atoms with Gasteiger partial charge >= 0.3 is 0 Å². The minimum atomic E-state index is -3.80. The molecule has 0 aliphatic heterocycles. The van der Waals surface area contributed by atoms with Crippen LogP contribution in [0.25, 0.3) is 0 Å². The third-order valence-electron chi connectivity index (χ3n) is 3.83. The Morgan fingerprint density at radius 1 is 1.12 bits per heavy atom. The third-order valence-corrected chi connectivity index (χ3v) is 5.21. The van der Waals surface area contributed by atoms with Crippen molar-refractivity contribution in [2.24, 2.45) is 0 Å². The van der Waals surface area contributed by atoms with E-state index in [0.717, 1.165) is 24.8 Å². The van der Waals surface area contributed by atoms with Gasteiger partial charge in [0.15, 0.2) is 0 Å². The standard InChI is InChI=1S/C19H24N2O4S/c1-2-3-5-15-8-10-17(11-9-15)21-26(24,25)18-7-4-6-16(14-18)19(23)20-12-13-22/h4,6-11,14,21-22H,2-3,5,12-13H2,1H3,(H,20,23). The van der Waals surface area contributed by atoms with Crippen LogP contribution in [0.2, 0.25) is 0 Å². The van der Waals surface area contributed by atoms with Gasteiger partial charge < -0.3 is 10.4 Å². The van der Waals surface area contributed by atoms with Gasteiger partial charge in [0.25, 0.3) is 15.9 Å². The van der Waals surface area contributed by atoms with E-state index in [2.05, 4.69) is 17.0 Å². The Morgan fingerprint density at radius 3 is 2.50 bits per heavy atom. The van der Waals surface area contributed by atoms with Gasteiger partial charge in [0.1, 0.15) is 0 Å². The van der Waals surface area contributed by atoms with E-state index in [0.29, 0.717) is 5.69 Å². The molecule has 0 spiro atoms. The van der Waals surface area contributed by atoms with E-state index in [9.17, 15) is 13.2 Å². The van der Waals surface area contributed by atoms with Crippen molar-refractivity contribution in [1.82, 2.24) is 5.32 Å². The van der Waals surface area contributed by atoms with Gasteiger partial charge in [0.05, 0.1) is 11.5 Å². The van der Waals surface area contributed by atoms with Gasteiger partial charge in [-0.2, -0.15) is 0 Å². The number of rotatable bonds is 9. The topological polar surface area (TPSA) is 95.5 Å². The van der Waals surface area contributed by atoms with Crippen LogP contribution in [-0.2, 0) is 16.4 Å². The number of benzene rings is 2. The lowest BCUT2D eigenvalue weighted by molar-refractivity contribution is 0.0944. The van der Waals surface area contributed by atoms with Gasteiger partial charge in [0.2, 0.25) is 0 Å². The Balaban J connectivity index is 2.13. The van der Waals surface area contributed by atoms with Crippen molar-refractivity contribution in [3.8, 4) is 0 Å². The second-order valence-corrected chi connectivity index (χ2v) is 7.60. The van der Waals surface area contributed by atoms with Crippen molar-refractivity contribution < 1.29 is 18.3 Å². The Bertz CT molecular complexity index is 833. The quantitative estimate of drug-likeness (QED) is 0.627. The summed E-state index contributed by atoms with van der Waals surface area (Å²) >= 11 is 0. The molecule has 140 valence electrons. The number of nitrogens with one attached hydrogen (secondary N) is 2. The van der Waals surface area contributed by atoms with Crippen molar-refractivity contribution in [3.05, 3.63) is 59.7 Å². The van der Waals surface area contributed by atoms with Crippen molar-refractivity contribution >= 4 is 21.6 Å². The van der Waals surface area contributed by atoms with Gasteiger partial charge in [-0.3, -0.25) is 9.52 Å². The first kappa shape index (κ1) is 19.9. The Labute approximate surface area is 154 Å². The van der Waals surface area contributed by atoms with E-state index in [1.807, 2.05) is 12.1 Å². The SMILES string of the molecule is CCCCc1ccc(NS(=O)(=O)c2cccc(C(=O)NCCO)c2)cc1. The molecule has 0 saturated heterocycles. The number of aryl methyl sites for hydroxylation is 1. The van der Waals surface area contributed by atoms with Gasteiger partial charge in [-0.1, -0.05) is 31.5 Å². The molecule has 0 heterocycles. The minimum Gasteiger partial charge on any atom is -0.395 e. The highest BCUT2D eigenvalue weighted by Gasteiger charge is 2.16. The van der Waals surface area contributed by atoms with E-state index in [4.69, 9.17) is 5.11 Å². The number of aliphatic hydroxyl groups excluding tert-OH is 1. The number of anilines is 1. The molecule has 26 heavy (non-hydrogen) atoms. The third kappa shape index (κ3) is 5.57. The summed E-state index contributed by atoms with van der Waals surface area (Å²) in [5, 5.41) is 11.3. The van der Waals surface area contributed by atoms with Crippen LogP contribution in [0.3, 0.4) is 0 Å². The summed E-state index contributed by atoms with van der Waals surface area (Å²) in [5.74, 6) is -0.434. The summed E-state index contributed by atoms with van der Waals surface area (Å²) in [5.41, 5.74) is 1.86. The van der Waals surface area contributed by atoms with Crippen LogP contribution in [0.1, 0.15) is 35.7 Å². The number of carbonyl (C=O) groups excluding carboxylic acids is 1. The van der Waals surface area contributed by atoms with Crippen molar-refractivity contribution in [2.75, 3.05) is 17.9 Å². The summed E-state index contributed by atoms with van der Waals surface area (Å²) in [6.45, 7) is 2.05. The highest BCUT2D eigenvalue weighted by molar-refractivity contribution is 7.92. The molecule has 1 amide bonds. The molecule has 0 aliphatic rings. The van der Waals surface area contributed by atoms with Gasteiger partial charge in [-0.05, 0) is 48.7 Å². The molecule has 0 atom stereocenters. The predicted octanol–water partition coefficient (Wildman–Crippen LogP) is 2.55. The van der Waals surface area contributed by atoms with Gasteiger partial charge in [-0.25, -0.2) is 8.42 Å². The molecular weight excluding hydrogens is 352 g/mol. The first-order valence-electron chi connectivity index (χ1n) is 8.57. The van der Waals surface area contributed by atoms with Crippen LogP contribution < -0.4 is 10.0 Å². The van der Waals surface area contributed by atoms with Crippen LogP contribution in [0.5, 0.6) is 0 Å². The largest absolute Gasteiger partial charge is 0.395 e. The number of unbranched alkanes of at least 4 members (excludes halogenated alkanes) is 1. The number of aliphatic hydroxyl groups is 1. The Hall–Kier alpha value is -2.38. The lowest BCUT2D eigenvalue weighted by atomic mass is 10.1. The summed E-state index contributed by atoms with van der Waals surface area (Å²) in [6, 6.07) is 13.1. The fourth-order valence-electron chi connectivity index (χ4n) is 2.41. The molecule has 2 aromatic carbocycles. The van der Waals surface area contributed by atoms with Crippen LogP contribution in [0, 0.1) is 0 Å². The monoisotopic (exact) mass is 376 g/mol. The highest BCUT2D eigenvalue weighted by atomic mass is 32.2. The maximum Gasteiger partial charge on any atom is 0.261 e. The molecule has 0 fully saturated rings. The second-order valence-electron chi connectivity index (χ2n) is 5.91. The molecule has 6 nitrogen and oxygen atoms in total. The summed E-state index contributed by atoms with van der Waals surface area (Å²) in [7, 11) is -3.80. The molecule has 3 N–H and O–H groups in total. The van der Waals surface area contributed by atoms with Crippen molar-refractivity contribution in [2.45, 2.75) is 31.1 Å². The average Bonchev–Trinajstić information content (AvgIpc) is 2.65. The summed E-state index contributed by atoms with van der Waals surface area (Å²) in [6.07, 6.45) is 3.17. The first-order valence-corrected chi connectivity index (χ1v) is 10.1. The predicted molar refractivity (Wildman–Crippen MR) is 102 cm³/mol. The summed E-state index contributed by atoms with van der Waals surface area (Å²) in [4.78, 5) is 11.9. The Kier molecular flexibility index (Phi) is 7.17. The van der Waals surface area contributed by atoms with Crippen molar-refractivity contribution in [3.63, 3.8) is 0 Å². The van der Waals surface area contributed by atoms with E-state index < -0.39 is 15.9 Å². The van der Waals surface area contributed by atoms with E-state index >= 15 is 0 Å². The average molecular weight is 376 g/mol. The van der Waals surface area contributed by atoms with Crippen LogP contribution in [-0.4, -0.2) is 32.6 Å². The molecule has 0 radical (unpaired) electrons. The zero-order chi connectivity index (χ0) is 19.0. The number of hydrogen-bond donors (Lipinski definition) is 3. The normalized spacial score (nSPS) is 11.2. The van der Waals surface area contributed by atoms with E-state index in [1.54, 1.807) is 12.1 Å². The Morgan fingerprint density at radius 2 is 1.85 bits per heavy atom. The van der Waals surface area contributed by atoms with Crippen LogP contribution in [0.15, 0.2) is 53.4 Å². The smallest absolute Gasteiger partial charge is 0.261 e. The van der Waals surface area contributed by atoms with Gasteiger partial charge in [-0.15, -0.1) is 0 Å². The van der Waals surface area contributed by atoms with Crippen LogP contribution in [0.4, 0.5) is 5.69 Å². The zero-order valence-electron chi connectivity index (χ0n) is 14.7. The van der Waals surface area contributed by atoms with Crippen LogP contribution >= 0.6 is 0 Å². The van der Waals surface area contributed by atoms with Crippen molar-refractivity contribution in [1.29, 1.82) is 0 Å². The second kappa shape index (κ2) is 9.35. The molecule has 0 aliphatic carbocycles. The summed E-state index contributed by atoms with van der Waals surface area (Å²) < 4.78 is 27.7. The number of hydrogen-bond acceptors (Lipinski definition) is 4. The van der Waals surface area contributed by atoms with E-state index in [-0.39, 0.29) is 23.6 Å². The van der Waals surface area contributed by atoms with Gasteiger partial charge in [0, 0.05) is 17.8 Å². The minimum absolute atomic E-state index is 0.00390. The highest BCUT2D eigenvalue weighted by Crippen LogP contribution is 2.18. The molecule has 0 saturated carbocycles. The fourth-order valence-corrected chi connectivity index (χ4v) is 3.51. The molecule has 0 aromatic heterocycles.